The maximum Gasteiger partial charge on any atom is 0.573 e. The number of amides is 1. The summed E-state index contributed by atoms with van der Waals surface area (Å²) in [7, 11) is 0. The highest BCUT2D eigenvalue weighted by Gasteiger charge is 2.31. The monoisotopic (exact) mass is 507 g/mol. The first kappa shape index (κ1) is 24.8. The summed E-state index contributed by atoms with van der Waals surface area (Å²) in [6.07, 6.45) is -1.27. The molecule has 0 radical (unpaired) electrons. The van der Waals surface area contributed by atoms with Gasteiger partial charge in [-0.2, -0.15) is 0 Å². The molecule has 36 heavy (non-hydrogen) atoms. The minimum atomic E-state index is -4.84. The summed E-state index contributed by atoms with van der Waals surface area (Å²) < 4.78 is 52.0. The molecule has 0 bridgehead atoms. The minimum Gasteiger partial charge on any atom is -0.481 e. The van der Waals surface area contributed by atoms with Gasteiger partial charge in [0, 0.05) is 17.8 Å². The molecule has 1 aliphatic rings. The molecule has 0 aliphatic heterocycles. The number of hydrogen-bond donors (Lipinski definition) is 3. The van der Waals surface area contributed by atoms with Crippen LogP contribution in [0.15, 0.2) is 47.0 Å². The number of rotatable bonds is 8. The molecule has 3 aromatic rings. The van der Waals surface area contributed by atoms with E-state index in [1.165, 1.54) is 18.3 Å². The van der Waals surface area contributed by atoms with Gasteiger partial charge in [-0.15, -0.1) is 18.3 Å². The zero-order chi connectivity index (χ0) is 25.7. The van der Waals surface area contributed by atoms with Gasteiger partial charge in [-0.25, -0.2) is 4.98 Å². The fourth-order valence-electron chi connectivity index (χ4n) is 3.57. The second kappa shape index (κ2) is 10.5. The van der Waals surface area contributed by atoms with E-state index in [0.717, 1.165) is 12.1 Å². The molecule has 0 atom stereocenters. The summed E-state index contributed by atoms with van der Waals surface area (Å²) in [6, 6.07) is 7.88. The van der Waals surface area contributed by atoms with Gasteiger partial charge in [-0.3, -0.25) is 9.59 Å². The Labute approximate surface area is 201 Å². The third-order valence-corrected chi connectivity index (χ3v) is 5.24. The number of carbonyl (C=O) groups excluding carboxylic acids is 1. The number of carboxylic acids is 1. The lowest BCUT2D eigenvalue weighted by atomic mass is 9.87. The summed E-state index contributed by atoms with van der Waals surface area (Å²) in [5, 5.41) is 21.5. The van der Waals surface area contributed by atoms with Crippen LogP contribution >= 0.6 is 0 Å². The van der Waals surface area contributed by atoms with Gasteiger partial charge < -0.3 is 29.6 Å². The quantitative estimate of drug-likeness (QED) is 0.401. The summed E-state index contributed by atoms with van der Waals surface area (Å²) in [5.41, 5.74) is 0.496. The van der Waals surface area contributed by atoms with Crippen molar-refractivity contribution in [3.8, 4) is 11.6 Å². The Morgan fingerprint density at radius 2 is 1.83 bits per heavy atom. The standard InChI is InChI=1S/C22H20F3N5O6/c23-22(24,25)36-16-3-1-2-13(10-16)28-21-30-29-19(35-21)18(31)27-14-6-9-17(26-11-14)34-15-7-4-12(5-8-15)20(32)33/h1-3,6,9-12,15H,4-5,7-8H2,(H,27,31)(H,28,30)(H,32,33)/t12-,15+. The van der Waals surface area contributed by atoms with Gasteiger partial charge in [0.1, 0.15) is 11.9 Å². The molecule has 0 unspecified atom stereocenters. The number of ether oxygens (including phenoxy) is 2. The van der Waals surface area contributed by atoms with Crippen LogP contribution in [-0.2, 0) is 4.79 Å². The van der Waals surface area contributed by atoms with Crippen LogP contribution in [0, 0.1) is 5.92 Å². The van der Waals surface area contributed by atoms with Gasteiger partial charge >= 0.3 is 30.1 Å². The van der Waals surface area contributed by atoms with E-state index in [-0.39, 0.29) is 23.7 Å². The van der Waals surface area contributed by atoms with Gasteiger partial charge in [0.15, 0.2) is 0 Å². The van der Waals surface area contributed by atoms with E-state index in [1.54, 1.807) is 12.1 Å². The average molecular weight is 507 g/mol. The smallest absolute Gasteiger partial charge is 0.481 e. The number of hydrogen-bond acceptors (Lipinski definition) is 9. The van der Waals surface area contributed by atoms with Crippen LogP contribution < -0.4 is 20.1 Å². The number of nitrogens with zero attached hydrogens (tertiary/aromatic N) is 3. The number of nitrogens with one attached hydrogen (secondary N) is 2. The molecule has 1 aliphatic carbocycles. The molecular formula is C22H20F3N5O6. The third kappa shape index (κ3) is 6.84. The van der Waals surface area contributed by atoms with Crippen LogP contribution in [0.1, 0.15) is 36.4 Å². The van der Waals surface area contributed by atoms with Gasteiger partial charge in [-0.1, -0.05) is 11.2 Å². The molecule has 3 N–H and O–H groups in total. The predicted octanol–water partition coefficient (Wildman–Crippen LogP) is 4.38. The number of carbonyl (C=O) groups is 2. The lowest BCUT2D eigenvalue weighted by Crippen LogP contribution is -2.28. The maximum atomic E-state index is 12.4. The van der Waals surface area contributed by atoms with Crippen LogP contribution in [0.2, 0.25) is 0 Å². The Morgan fingerprint density at radius 1 is 1.06 bits per heavy atom. The SMILES string of the molecule is O=C(Nc1ccc(O[C@H]2CC[C@@H](C(=O)O)CC2)nc1)c1nnc(Nc2cccc(OC(F)(F)F)c2)o1. The van der Waals surface area contributed by atoms with Crippen molar-refractivity contribution < 1.29 is 41.8 Å². The predicted molar refractivity (Wildman–Crippen MR) is 117 cm³/mol. The number of anilines is 3. The maximum absolute atomic E-state index is 12.4. The van der Waals surface area contributed by atoms with E-state index >= 15 is 0 Å². The van der Waals surface area contributed by atoms with Crippen LogP contribution in [0.5, 0.6) is 11.6 Å². The number of halogens is 3. The van der Waals surface area contributed by atoms with Crippen molar-refractivity contribution in [1.29, 1.82) is 0 Å². The molecule has 1 saturated carbocycles. The Bertz CT molecular complexity index is 1210. The van der Waals surface area contributed by atoms with Crippen molar-refractivity contribution in [3.05, 3.63) is 48.5 Å². The van der Waals surface area contributed by atoms with E-state index < -0.39 is 29.9 Å². The summed E-state index contributed by atoms with van der Waals surface area (Å²) in [6.45, 7) is 0. The van der Waals surface area contributed by atoms with Crippen molar-refractivity contribution in [1.82, 2.24) is 15.2 Å². The second-order valence-electron chi connectivity index (χ2n) is 7.88. The van der Waals surface area contributed by atoms with Gasteiger partial charge in [0.2, 0.25) is 5.88 Å². The zero-order valence-corrected chi connectivity index (χ0v) is 18.5. The van der Waals surface area contributed by atoms with Crippen molar-refractivity contribution in [2.24, 2.45) is 5.92 Å². The van der Waals surface area contributed by atoms with E-state index in [1.807, 2.05) is 0 Å². The number of aromatic nitrogens is 3. The Balaban J connectivity index is 1.29. The second-order valence-corrected chi connectivity index (χ2v) is 7.88. The van der Waals surface area contributed by atoms with E-state index in [2.05, 4.69) is 30.6 Å². The van der Waals surface area contributed by atoms with Crippen LogP contribution in [0.4, 0.5) is 30.6 Å². The summed E-state index contributed by atoms with van der Waals surface area (Å²) in [4.78, 5) is 27.6. The molecule has 1 amide bonds. The van der Waals surface area contributed by atoms with E-state index in [4.69, 9.17) is 14.3 Å². The molecule has 1 fully saturated rings. The van der Waals surface area contributed by atoms with Crippen LogP contribution in [0.25, 0.3) is 0 Å². The first-order valence-corrected chi connectivity index (χ1v) is 10.8. The molecule has 1 aromatic carbocycles. The number of aliphatic carboxylic acids is 1. The van der Waals surface area contributed by atoms with E-state index in [9.17, 15) is 22.8 Å². The zero-order valence-electron chi connectivity index (χ0n) is 18.5. The largest absolute Gasteiger partial charge is 0.573 e. The van der Waals surface area contributed by atoms with Gasteiger partial charge in [0.05, 0.1) is 17.8 Å². The molecule has 11 nitrogen and oxygen atoms in total. The minimum absolute atomic E-state index is 0.126. The fourth-order valence-corrected chi connectivity index (χ4v) is 3.57. The van der Waals surface area contributed by atoms with Gasteiger partial charge in [0.25, 0.3) is 0 Å². The fraction of sp³-hybridized carbons (Fsp3) is 0.318. The van der Waals surface area contributed by atoms with Crippen molar-refractivity contribution in [2.75, 3.05) is 10.6 Å². The Hall–Kier alpha value is -4.36. The molecule has 0 saturated heterocycles. The Morgan fingerprint density at radius 3 is 2.50 bits per heavy atom. The average Bonchev–Trinajstić information content (AvgIpc) is 3.28. The highest BCUT2D eigenvalue weighted by molar-refractivity contribution is 6.00. The number of benzene rings is 1. The highest BCUT2D eigenvalue weighted by Crippen LogP contribution is 2.28. The molecular weight excluding hydrogens is 487 g/mol. The molecule has 14 heteroatoms. The lowest BCUT2D eigenvalue weighted by molar-refractivity contribution is -0.274. The van der Waals surface area contributed by atoms with Crippen LogP contribution in [-0.4, -0.2) is 44.6 Å². The number of carboxylic acid groups (broad SMARTS) is 1. The van der Waals surface area contributed by atoms with Crippen LogP contribution in [0.3, 0.4) is 0 Å². The number of alkyl halides is 3. The highest BCUT2D eigenvalue weighted by atomic mass is 19.4. The molecule has 4 rings (SSSR count). The third-order valence-electron chi connectivity index (χ3n) is 5.24. The molecule has 190 valence electrons. The number of pyridine rings is 1. The van der Waals surface area contributed by atoms with E-state index in [0.29, 0.717) is 37.3 Å². The normalized spacial score (nSPS) is 17.8. The Kier molecular flexibility index (Phi) is 7.22. The molecule has 2 heterocycles. The topological polar surface area (TPSA) is 149 Å². The molecule has 0 spiro atoms. The summed E-state index contributed by atoms with van der Waals surface area (Å²) >= 11 is 0. The first-order chi connectivity index (χ1) is 17.1. The molecule has 2 aromatic heterocycles. The van der Waals surface area contributed by atoms with Crippen molar-refractivity contribution in [3.63, 3.8) is 0 Å². The first-order valence-electron chi connectivity index (χ1n) is 10.8. The lowest BCUT2D eigenvalue weighted by Gasteiger charge is -2.26. The van der Waals surface area contributed by atoms with Crippen molar-refractivity contribution in [2.45, 2.75) is 38.1 Å². The van der Waals surface area contributed by atoms with Gasteiger partial charge in [-0.05, 0) is 43.9 Å². The summed E-state index contributed by atoms with van der Waals surface area (Å²) in [5.74, 6) is -2.36. The van der Waals surface area contributed by atoms with Crippen molar-refractivity contribution >= 4 is 29.3 Å².